The molecule has 0 saturated heterocycles. The molecule has 2 heterocycles. The van der Waals surface area contributed by atoms with E-state index in [1.807, 2.05) is 32.0 Å². The minimum Gasteiger partial charge on any atom is -0.465 e. The number of nitrogens with zero attached hydrogens (tertiary/aromatic N) is 3. The number of methoxy groups -OCH3 is 1. The van der Waals surface area contributed by atoms with Crippen LogP contribution < -0.4 is 10.3 Å². The lowest BCUT2D eigenvalue weighted by Gasteiger charge is -2.11. The van der Waals surface area contributed by atoms with E-state index >= 15 is 0 Å². The number of aromatic nitrogens is 2. The molecule has 0 atom stereocenters. The van der Waals surface area contributed by atoms with Crippen molar-refractivity contribution in [1.82, 2.24) is 9.38 Å². The third kappa shape index (κ3) is 3.62. The zero-order chi connectivity index (χ0) is 20.3. The van der Waals surface area contributed by atoms with Crippen LogP contribution in [0.4, 0.5) is 0 Å². The zero-order valence-electron chi connectivity index (χ0n) is 15.6. The molecule has 0 fully saturated rings. The van der Waals surface area contributed by atoms with Crippen molar-refractivity contribution in [2.24, 2.45) is 0 Å². The summed E-state index contributed by atoms with van der Waals surface area (Å²) in [4.78, 5) is 29.3. The molecular weight excluding hydrogens is 358 g/mol. The quantitative estimate of drug-likeness (QED) is 0.395. The van der Waals surface area contributed by atoms with E-state index in [0.29, 0.717) is 11.4 Å². The van der Waals surface area contributed by atoms with Gasteiger partial charge >= 0.3 is 5.97 Å². The van der Waals surface area contributed by atoms with Gasteiger partial charge in [0.1, 0.15) is 28.6 Å². The number of hydrogen-bond donors (Lipinski definition) is 0. The Labute approximate surface area is 161 Å². The van der Waals surface area contributed by atoms with Gasteiger partial charge < -0.3 is 9.47 Å². The average molecular weight is 375 g/mol. The van der Waals surface area contributed by atoms with Crippen molar-refractivity contribution in [3.05, 3.63) is 75.2 Å². The SMILES string of the molecule is COC(=O)/C(C#N)=C/c1c(Oc2cccc(C)c2)nc2c(C)cccn2c1=O. The molecule has 7 heteroatoms. The summed E-state index contributed by atoms with van der Waals surface area (Å²) < 4.78 is 11.8. The predicted molar refractivity (Wildman–Crippen MR) is 103 cm³/mol. The molecular formula is C21H17N3O4. The molecule has 7 nitrogen and oxygen atoms in total. The van der Waals surface area contributed by atoms with Gasteiger partial charge in [-0.15, -0.1) is 0 Å². The van der Waals surface area contributed by atoms with Crippen molar-refractivity contribution in [3.63, 3.8) is 0 Å². The third-order valence-corrected chi connectivity index (χ3v) is 4.07. The monoisotopic (exact) mass is 375 g/mol. The minimum atomic E-state index is -0.849. The van der Waals surface area contributed by atoms with Crippen LogP contribution in [0, 0.1) is 25.2 Å². The highest BCUT2D eigenvalue weighted by Gasteiger charge is 2.18. The van der Waals surface area contributed by atoms with E-state index in [4.69, 9.17) is 4.74 Å². The fourth-order valence-corrected chi connectivity index (χ4v) is 2.68. The molecule has 2 aromatic heterocycles. The van der Waals surface area contributed by atoms with Crippen LogP contribution in [0.15, 0.2) is 53.0 Å². The first kappa shape index (κ1) is 18.9. The number of benzene rings is 1. The number of esters is 1. The number of pyridine rings is 1. The molecule has 0 unspecified atom stereocenters. The smallest absolute Gasteiger partial charge is 0.348 e. The van der Waals surface area contributed by atoms with Crippen molar-refractivity contribution >= 4 is 17.7 Å². The van der Waals surface area contributed by atoms with E-state index in [0.717, 1.165) is 24.3 Å². The number of fused-ring (bicyclic) bond motifs is 1. The van der Waals surface area contributed by atoms with Crippen molar-refractivity contribution in [2.75, 3.05) is 7.11 Å². The maximum absolute atomic E-state index is 13.1. The fraction of sp³-hybridized carbons (Fsp3) is 0.143. The molecule has 140 valence electrons. The fourth-order valence-electron chi connectivity index (χ4n) is 2.68. The van der Waals surface area contributed by atoms with E-state index in [1.54, 1.807) is 30.5 Å². The van der Waals surface area contributed by atoms with Crippen LogP contribution in [0.3, 0.4) is 0 Å². The first-order valence-corrected chi connectivity index (χ1v) is 8.41. The maximum Gasteiger partial charge on any atom is 0.348 e. The molecule has 0 aliphatic rings. The molecule has 1 aromatic carbocycles. The number of carbonyl (C=O) groups is 1. The summed E-state index contributed by atoms with van der Waals surface area (Å²) >= 11 is 0. The van der Waals surface area contributed by atoms with E-state index in [1.165, 1.54) is 4.40 Å². The molecule has 0 aliphatic carbocycles. The lowest BCUT2D eigenvalue weighted by atomic mass is 10.2. The lowest BCUT2D eigenvalue weighted by molar-refractivity contribution is -0.135. The minimum absolute atomic E-state index is 0.00144. The summed E-state index contributed by atoms with van der Waals surface area (Å²) in [5, 5.41) is 9.26. The Kier molecular flexibility index (Phi) is 5.23. The van der Waals surface area contributed by atoms with E-state index in [2.05, 4.69) is 9.72 Å². The number of aryl methyl sites for hydroxylation is 2. The molecule has 0 amide bonds. The summed E-state index contributed by atoms with van der Waals surface area (Å²) in [7, 11) is 1.16. The second kappa shape index (κ2) is 7.76. The Bertz CT molecular complexity index is 1200. The largest absolute Gasteiger partial charge is 0.465 e. The van der Waals surface area contributed by atoms with Crippen LogP contribution in [0.25, 0.3) is 11.7 Å². The third-order valence-electron chi connectivity index (χ3n) is 4.07. The Balaban J connectivity index is 2.29. The lowest BCUT2D eigenvalue weighted by Crippen LogP contribution is -2.20. The number of hydrogen-bond acceptors (Lipinski definition) is 6. The molecule has 0 spiro atoms. The topological polar surface area (TPSA) is 93.7 Å². The van der Waals surface area contributed by atoms with Crippen molar-refractivity contribution < 1.29 is 14.3 Å². The van der Waals surface area contributed by atoms with Crippen LogP contribution in [0.5, 0.6) is 11.6 Å². The zero-order valence-corrected chi connectivity index (χ0v) is 15.6. The van der Waals surface area contributed by atoms with Gasteiger partial charge in [-0.1, -0.05) is 18.2 Å². The molecule has 3 rings (SSSR count). The van der Waals surface area contributed by atoms with Gasteiger partial charge in [-0.3, -0.25) is 9.20 Å². The summed E-state index contributed by atoms with van der Waals surface area (Å²) in [5.41, 5.74) is 1.35. The number of ether oxygens (including phenoxy) is 2. The van der Waals surface area contributed by atoms with Crippen molar-refractivity contribution in [3.8, 4) is 17.7 Å². The van der Waals surface area contributed by atoms with Gasteiger partial charge in [0.2, 0.25) is 5.88 Å². The first-order chi connectivity index (χ1) is 13.4. The Morgan fingerprint density at radius 2 is 2.04 bits per heavy atom. The second-order valence-electron chi connectivity index (χ2n) is 6.10. The maximum atomic E-state index is 13.1. The second-order valence-corrected chi connectivity index (χ2v) is 6.10. The van der Waals surface area contributed by atoms with Gasteiger partial charge in [-0.2, -0.15) is 10.2 Å². The van der Waals surface area contributed by atoms with Crippen molar-refractivity contribution in [1.29, 1.82) is 5.26 Å². The molecule has 0 N–H and O–H groups in total. The summed E-state index contributed by atoms with van der Waals surface area (Å²) in [6.07, 6.45) is 2.71. The van der Waals surface area contributed by atoms with Crippen LogP contribution in [-0.2, 0) is 9.53 Å². The van der Waals surface area contributed by atoms with Gasteiger partial charge in [0.25, 0.3) is 5.56 Å². The van der Waals surface area contributed by atoms with Crippen LogP contribution in [0.1, 0.15) is 16.7 Å². The number of carbonyl (C=O) groups excluding carboxylic acids is 1. The van der Waals surface area contributed by atoms with E-state index in [-0.39, 0.29) is 17.0 Å². The first-order valence-electron chi connectivity index (χ1n) is 8.41. The molecule has 0 saturated carbocycles. The van der Waals surface area contributed by atoms with Crippen LogP contribution >= 0.6 is 0 Å². The average Bonchev–Trinajstić information content (AvgIpc) is 2.68. The Hall–Kier alpha value is -3.92. The van der Waals surface area contributed by atoms with Gasteiger partial charge in [0, 0.05) is 6.20 Å². The highest BCUT2D eigenvalue weighted by Crippen LogP contribution is 2.25. The van der Waals surface area contributed by atoms with Crippen LogP contribution in [-0.4, -0.2) is 22.5 Å². The van der Waals surface area contributed by atoms with E-state index < -0.39 is 11.5 Å². The van der Waals surface area contributed by atoms with Gasteiger partial charge in [0.15, 0.2) is 0 Å². The summed E-state index contributed by atoms with van der Waals surface area (Å²) in [5.74, 6) is -0.365. The van der Waals surface area contributed by atoms with Crippen LogP contribution in [0.2, 0.25) is 0 Å². The normalized spacial score (nSPS) is 11.1. The number of nitriles is 1. The molecule has 3 aromatic rings. The highest BCUT2D eigenvalue weighted by molar-refractivity contribution is 5.98. The standard InChI is InChI=1S/C21H17N3O4/c1-13-6-4-8-16(10-13)28-19-17(11-15(12-22)21(26)27-3)20(25)24-9-5-7-14(2)18(24)23-19/h4-11H,1-3H3/b15-11+. The highest BCUT2D eigenvalue weighted by atomic mass is 16.5. The van der Waals surface area contributed by atoms with E-state index in [9.17, 15) is 14.9 Å². The van der Waals surface area contributed by atoms with Gasteiger partial charge in [-0.25, -0.2) is 4.79 Å². The van der Waals surface area contributed by atoms with Crippen molar-refractivity contribution in [2.45, 2.75) is 13.8 Å². The molecule has 0 bridgehead atoms. The predicted octanol–water partition coefficient (Wildman–Crippen LogP) is 3.18. The molecule has 28 heavy (non-hydrogen) atoms. The molecule has 0 aliphatic heterocycles. The Morgan fingerprint density at radius 1 is 1.25 bits per heavy atom. The van der Waals surface area contributed by atoms with Gasteiger partial charge in [0.05, 0.1) is 7.11 Å². The van der Waals surface area contributed by atoms with Gasteiger partial charge in [-0.05, 0) is 49.2 Å². The Morgan fingerprint density at radius 3 is 2.71 bits per heavy atom. The summed E-state index contributed by atoms with van der Waals surface area (Å²) in [6.45, 7) is 3.73. The molecule has 0 radical (unpaired) electrons. The summed E-state index contributed by atoms with van der Waals surface area (Å²) in [6, 6.07) is 12.5. The number of rotatable bonds is 4.